The molecule has 0 saturated heterocycles. The van der Waals surface area contributed by atoms with Crippen molar-refractivity contribution < 1.29 is 9.53 Å². The van der Waals surface area contributed by atoms with E-state index in [1.807, 2.05) is 24.5 Å². The average Bonchev–Trinajstić information content (AvgIpc) is 3.24. The van der Waals surface area contributed by atoms with Crippen molar-refractivity contribution in [3.63, 3.8) is 0 Å². The van der Waals surface area contributed by atoms with Gasteiger partial charge in [0.05, 0.1) is 12.4 Å². The Morgan fingerprint density at radius 3 is 2.64 bits per heavy atom. The van der Waals surface area contributed by atoms with E-state index >= 15 is 0 Å². The number of nitrogens with zero attached hydrogens (tertiary/aromatic N) is 4. The van der Waals surface area contributed by atoms with Crippen LogP contribution in [0.25, 0.3) is 5.69 Å². The first-order valence-corrected chi connectivity index (χ1v) is 10.2. The van der Waals surface area contributed by atoms with Crippen molar-refractivity contribution in [3.8, 4) is 5.69 Å². The van der Waals surface area contributed by atoms with Crippen molar-refractivity contribution in [2.75, 3.05) is 19.5 Å². The van der Waals surface area contributed by atoms with Crippen molar-refractivity contribution in [1.29, 1.82) is 0 Å². The summed E-state index contributed by atoms with van der Waals surface area (Å²) in [5, 5.41) is 8.78. The number of aryl methyl sites for hydroxylation is 3. The molecule has 148 valence electrons. The van der Waals surface area contributed by atoms with Crippen molar-refractivity contribution in [2.24, 2.45) is 0 Å². The molecule has 0 aliphatic heterocycles. The number of benzene rings is 1. The van der Waals surface area contributed by atoms with Gasteiger partial charge in [-0.2, -0.15) is 0 Å². The number of hydrogen-bond donors (Lipinski definition) is 0. The van der Waals surface area contributed by atoms with E-state index in [-0.39, 0.29) is 5.78 Å². The van der Waals surface area contributed by atoms with Gasteiger partial charge in [0, 0.05) is 36.3 Å². The molecule has 0 saturated carbocycles. The van der Waals surface area contributed by atoms with Crippen molar-refractivity contribution in [3.05, 3.63) is 58.7 Å². The molecule has 2 aromatic heterocycles. The van der Waals surface area contributed by atoms with Crippen LogP contribution in [0.5, 0.6) is 0 Å². The molecule has 0 radical (unpaired) electrons. The maximum absolute atomic E-state index is 12.9. The van der Waals surface area contributed by atoms with Gasteiger partial charge < -0.3 is 13.9 Å². The van der Waals surface area contributed by atoms with Gasteiger partial charge in [0.2, 0.25) is 0 Å². The van der Waals surface area contributed by atoms with Gasteiger partial charge >= 0.3 is 0 Å². The quantitative estimate of drug-likeness (QED) is 0.425. The molecule has 7 heteroatoms. The smallest absolute Gasteiger partial charge is 0.191 e. The highest BCUT2D eigenvalue weighted by molar-refractivity contribution is 7.99. The van der Waals surface area contributed by atoms with Gasteiger partial charge in [-0.05, 0) is 57.0 Å². The Balaban J connectivity index is 1.78. The van der Waals surface area contributed by atoms with Crippen molar-refractivity contribution in [2.45, 2.75) is 39.4 Å². The second-order valence-corrected chi connectivity index (χ2v) is 7.84. The lowest BCUT2D eigenvalue weighted by molar-refractivity contribution is 0.102. The summed E-state index contributed by atoms with van der Waals surface area (Å²) >= 11 is 1.41. The molecule has 6 nitrogen and oxygen atoms in total. The molecule has 0 bridgehead atoms. The highest BCUT2D eigenvalue weighted by Crippen LogP contribution is 2.25. The average molecular weight is 399 g/mol. The fourth-order valence-corrected chi connectivity index (χ4v) is 4.04. The highest BCUT2D eigenvalue weighted by atomic mass is 32.2. The Hall–Kier alpha value is -2.38. The lowest BCUT2D eigenvalue weighted by Crippen LogP contribution is -2.08. The first kappa shape index (κ1) is 20.4. The van der Waals surface area contributed by atoms with E-state index in [0.29, 0.717) is 18.9 Å². The molecular formula is C21H26N4O2S. The molecule has 0 unspecified atom stereocenters. The van der Waals surface area contributed by atoms with Crippen LogP contribution in [-0.2, 0) is 11.3 Å². The largest absolute Gasteiger partial charge is 0.383 e. The third-order valence-corrected chi connectivity index (χ3v) is 5.91. The summed E-state index contributed by atoms with van der Waals surface area (Å²) < 4.78 is 9.15. The number of thioether (sulfide) groups is 1. The minimum Gasteiger partial charge on any atom is -0.383 e. The SMILES string of the molecule is COCCn1cnnc1SCC(=O)c1cc(C)n(-c2ccc(C)c(C)c2)c1C. The van der Waals surface area contributed by atoms with E-state index in [4.69, 9.17) is 4.74 Å². The first-order valence-electron chi connectivity index (χ1n) is 9.21. The zero-order valence-corrected chi connectivity index (χ0v) is 17.8. The van der Waals surface area contributed by atoms with Crippen molar-refractivity contribution >= 4 is 17.5 Å². The van der Waals surface area contributed by atoms with Gasteiger partial charge in [-0.25, -0.2) is 0 Å². The number of ketones is 1. The Morgan fingerprint density at radius 2 is 1.93 bits per heavy atom. The van der Waals surface area contributed by atoms with E-state index in [0.717, 1.165) is 27.8 Å². The van der Waals surface area contributed by atoms with E-state index in [1.54, 1.807) is 13.4 Å². The second-order valence-electron chi connectivity index (χ2n) is 6.90. The van der Waals surface area contributed by atoms with E-state index in [1.165, 1.54) is 22.9 Å². The maximum atomic E-state index is 12.9. The van der Waals surface area contributed by atoms with Crippen LogP contribution in [-0.4, -0.2) is 44.6 Å². The number of methoxy groups -OCH3 is 1. The Labute approximate surface area is 169 Å². The fraction of sp³-hybridized carbons (Fsp3) is 0.381. The molecule has 1 aromatic carbocycles. The van der Waals surface area contributed by atoms with E-state index < -0.39 is 0 Å². The predicted octanol–water partition coefficient (Wildman–Crippen LogP) is 3.92. The van der Waals surface area contributed by atoms with Gasteiger partial charge in [0.15, 0.2) is 10.9 Å². The molecule has 0 N–H and O–H groups in total. The molecule has 0 amide bonds. The fourth-order valence-electron chi connectivity index (χ4n) is 3.21. The summed E-state index contributed by atoms with van der Waals surface area (Å²) in [4.78, 5) is 12.9. The summed E-state index contributed by atoms with van der Waals surface area (Å²) in [6.45, 7) is 9.49. The minimum absolute atomic E-state index is 0.0921. The number of rotatable bonds is 8. The Morgan fingerprint density at radius 1 is 1.14 bits per heavy atom. The minimum atomic E-state index is 0.0921. The standard InChI is InChI=1S/C21H26N4O2S/c1-14-6-7-18(10-15(14)2)25-16(3)11-19(17(25)4)20(26)12-28-21-23-22-13-24(21)8-9-27-5/h6-7,10-11,13H,8-9,12H2,1-5H3. The second kappa shape index (κ2) is 8.75. The first-order chi connectivity index (χ1) is 13.4. The van der Waals surface area contributed by atoms with Crippen molar-refractivity contribution in [1.82, 2.24) is 19.3 Å². The predicted molar refractivity (Wildman–Crippen MR) is 112 cm³/mol. The van der Waals surface area contributed by atoms with Crippen LogP contribution >= 0.6 is 11.8 Å². The molecule has 0 atom stereocenters. The zero-order valence-electron chi connectivity index (χ0n) is 17.0. The third kappa shape index (κ3) is 4.20. The molecule has 3 rings (SSSR count). The van der Waals surface area contributed by atoms with Gasteiger partial charge in [-0.15, -0.1) is 10.2 Å². The number of hydrogen-bond acceptors (Lipinski definition) is 5. The van der Waals surface area contributed by atoms with Gasteiger partial charge in [-0.1, -0.05) is 17.8 Å². The monoisotopic (exact) mass is 398 g/mol. The highest BCUT2D eigenvalue weighted by Gasteiger charge is 2.18. The summed E-state index contributed by atoms with van der Waals surface area (Å²) in [5.74, 6) is 0.414. The van der Waals surface area contributed by atoms with Crippen LogP contribution in [0.4, 0.5) is 0 Å². The molecule has 2 heterocycles. The Bertz CT molecular complexity index is 990. The normalized spacial score (nSPS) is 11.2. The van der Waals surface area contributed by atoms with Gasteiger partial charge in [-0.3, -0.25) is 4.79 Å². The topological polar surface area (TPSA) is 61.9 Å². The molecular weight excluding hydrogens is 372 g/mol. The van der Waals surface area contributed by atoms with Gasteiger partial charge in [0.25, 0.3) is 0 Å². The van der Waals surface area contributed by atoms with Crippen LogP contribution in [0.1, 0.15) is 32.9 Å². The van der Waals surface area contributed by atoms with Crippen LogP contribution in [0.15, 0.2) is 35.7 Å². The molecule has 3 aromatic rings. The van der Waals surface area contributed by atoms with Crippen LogP contribution < -0.4 is 0 Å². The number of carbonyl (C=O) groups excluding carboxylic acids is 1. The molecule has 0 spiro atoms. The lowest BCUT2D eigenvalue weighted by Gasteiger charge is -2.12. The summed E-state index contributed by atoms with van der Waals surface area (Å²) in [7, 11) is 1.66. The summed E-state index contributed by atoms with van der Waals surface area (Å²) in [5.41, 5.74) is 6.36. The van der Waals surface area contributed by atoms with Crippen LogP contribution in [0.3, 0.4) is 0 Å². The Kier molecular flexibility index (Phi) is 6.36. The number of ether oxygens (including phenoxy) is 1. The molecule has 0 aliphatic carbocycles. The zero-order chi connectivity index (χ0) is 20.3. The lowest BCUT2D eigenvalue weighted by atomic mass is 10.1. The third-order valence-electron chi connectivity index (χ3n) is 4.93. The van der Waals surface area contributed by atoms with E-state index in [9.17, 15) is 4.79 Å². The number of Topliss-reactive ketones (excluding diaryl/α,β-unsaturated/α-hetero) is 1. The molecule has 28 heavy (non-hydrogen) atoms. The maximum Gasteiger partial charge on any atom is 0.191 e. The van der Waals surface area contributed by atoms with Crippen LogP contribution in [0.2, 0.25) is 0 Å². The summed E-state index contributed by atoms with van der Waals surface area (Å²) in [6.07, 6.45) is 1.66. The van der Waals surface area contributed by atoms with Crippen LogP contribution in [0, 0.1) is 27.7 Å². The number of aromatic nitrogens is 4. The number of carbonyl (C=O) groups is 1. The summed E-state index contributed by atoms with van der Waals surface area (Å²) in [6, 6.07) is 8.36. The van der Waals surface area contributed by atoms with Gasteiger partial charge in [0.1, 0.15) is 6.33 Å². The molecule has 0 fully saturated rings. The molecule has 0 aliphatic rings. The van der Waals surface area contributed by atoms with E-state index in [2.05, 4.69) is 46.8 Å².